The molecule has 2 fully saturated rings. The fourth-order valence-electron chi connectivity index (χ4n) is 3.05. The first-order chi connectivity index (χ1) is 7.66. The lowest BCUT2D eigenvalue weighted by Gasteiger charge is -2.39. The van der Waals surface area contributed by atoms with Crippen molar-refractivity contribution in [1.82, 2.24) is 0 Å². The summed E-state index contributed by atoms with van der Waals surface area (Å²) in [6, 6.07) is 0. The Hall–Kier alpha value is -0.120. The summed E-state index contributed by atoms with van der Waals surface area (Å²) in [5.41, 5.74) is 0. The molecular weight excluding hydrogens is 204 g/mol. The van der Waals surface area contributed by atoms with Crippen LogP contribution in [-0.2, 0) is 9.47 Å². The van der Waals surface area contributed by atoms with Crippen molar-refractivity contribution < 1.29 is 14.6 Å². The third-order valence-corrected chi connectivity index (χ3v) is 3.86. The van der Waals surface area contributed by atoms with Crippen LogP contribution in [0.2, 0.25) is 0 Å². The number of aliphatic hydroxyl groups excluding tert-OH is 1. The van der Waals surface area contributed by atoms with E-state index in [0.29, 0.717) is 11.8 Å². The Kier molecular flexibility index (Phi) is 4.22. The van der Waals surface area contributed by atoms with E-state index < -0.39 is 0 Å². The fraction of sp³-hybridized carbons (Fsp3) is 1.00. The average Bonchev–Trinajstić information content (AvgIpc) is 2.25. The molecule has 1 aliphatic carbocycles. The zero-order valence-corrected chi connectivity index (χ0v) is 10.4. The van der Waals surface area contributed by atoms with Gasteiger partial charge in [0.05, 0.1) is 12.2 Å². The van der Waals surface area contributed by atoms with Crippen molar-refractivity contribution in [2.45, 2.75) is 64.4 Å². The summed E-state index contributed by atoms with van der Waals surface area (Å²) in [6.45, 7) is 5.18. The molecule has 3 atom stereocenters. The minimum Gasteiger partial charge on any atom is -0.393 e. The first kappa shape index (κ1) is 12.3. The topological polar surface area (TPSA) is 38.7 Å². The van der Waals surface area contributed by atoms with Crippen molar-refractivity contribution in [2.24, 2.45) is 11.8 Å². The molecule has 0 amide bonds. The van der Waals surface area contributed by atoms with Crippen LogP contribution in [0.5, 0.6) is 0 Å². The number of hydrogen-bond acceptors (Lipinski definition) is 3. The molecule has 1 aliphatic heterocycles. The van der Waals surface area contributed by atoms with Gasteiger partial charge < -0.3 is 14.6 Å². The molecule has 94 valence electrons. The molecule has 0 aromatic carbocycles. The summed E-state index contributed by atoms with van der Waals surface area (Å²) < 4.78 is 11.7. The fourth-order valence-corrected chi connectivity index (χ4v) is 3.05. The molecule has 0 aromatic rings. The summed E-state index contributed by atoms with van der Waals surface area (Å²) in [5.74, 6) is 0.869. The van der Waals surface area contributed by atoms with Gasteiger partial charge in [0.15, 0.2) is 6.29 Å². The van der Waals surface area contributed by atoms with E-state index in [2.05, 4.69) is 13.8 Å². The second-order valence-corrected chi connectivity index (χ2v) is 5.48. The van der Waals surface area contributed by atoms with Gasteiger partial charge in [0, 0.05) is 6.61 Å². The quantitative estimate of drug-likeness (QED) is 0.788. The number of hydrogen-bond donors (Lipinski definition) is 1. The Morgan fingerprint density at radius 1 is 1.12 bits per heavy atom. The van der Waals surface area contributed by atoms with Crippen LogP contribution in [0.3, 0.4) is 0 Å². The predicted molar refractivity (Wildman–Crippen MR) is 62.0 cm³/mol. The van der Waals surface area contributed by atoms with Crippen LogP contribution in [0.1, 0.15) is 46.0 Å². The van der Waals surface area contributed by atoms with E-state index in [1.165, 1.54) is 6.42 Å². The maximum atomic E-state index is 9.69. The molecule has 1 saturated heterocycles. The first-order valence-electron chi connectivity index (χ1n) is 6.62. The van der Waals surface area contributed by atoms with Crippen LogP contribution < -0.4 is 0 Å². The van der Waals surface area contributed by atoms with Gasteiger partial charge in [0.2, 0.25) is 0 Å². The van der Waals surface area contributed by atoms with E-state index in [-0.39, 0.29) is 18.5 Å². The molecule has 1 N–H and O–H groups in total. The van der Waals surface area contributed by atoms with E-state index in [1.54, 1.807) is 0 Å². The van der Waals surface area contributed by atoms with Gasteiger partial charge in [0.1, 0.15) is 0 Å². The van der Waals surface area contributed by atoms with Crippen LogP contribution in [0, 0.1) is 11.8 Å². The Morgan fingerprint density at radius 2 is 1.81 bits per heavy atom. The summed E-state index contributed by atoms with van der Waals surface area (Å²) in [6.07, 6.45) is 5.24. The Balaban J connectivity index is 1.86. The van der Waals surface area contributed by atoms with E-state index in [4.69, 9.17) is 9.47 Å². The summed E-state index contributed by atoms with van der Waals surface area (Å²) in [5, 5.41) is 9.69. The van der Waals surface area contributed by atoms with Crippen molar-refractivity contribution in [1.29, 1.82) is 0 Å². The van der Waals surface area contributed by atoms with Gasteiger partial charge in [-0.3, -0.25) is 0 Å². The Morgan fingerprint density at radius 3 is 2.38 bits per heavy atom. The van der Waals surface area contributed by atoms with Crippen molar-refractivity contribution >= 4 is 0 Å². The predicted octanol–water partition coefficient (Wildman–Crippen LogP) is 2.33. The number of rotatable bonds is 2. The standard InChI is InChI=1S/C13H24O3/c1-9-7-11(14)8-10(2)13(9)16-12-5-3-4-6-15-12/h9-14H,3-8H2,1-2H3/t9-,10-,11-,12?,13-/m0/s1. The van der Waals surface area contributed by atoms with Crippen LogP contribution >= 0.6 is 0 Å². The van der Waals surface area contributed by atoms with E-state index in [1.807, 2.05) is 0 Å². The highest BCUT2D eigenvalue weighted by Gasteiger charge is 2.35. The summed E-state index contributed by atoms with van der Waals surface area (Å²) in [4.78, 5) is 0. The molecule has 0 spiro atoms. The second-order valence-electron chi connectivity index (χ2n) is 5.48. The molecule has 1 unspecified atom stereocenters. The molecule has 3 heteroatoms. The lowest BCUT2D eigenvalue weighted by atomic mass is 9.79. The third kappa shape index (κ3) is 2.96. The normalized spacial score (nSPS) is 45.6. The zero-order chi connectivity index (χ0) is 11.5. The monoisotopic (exact) mass is 228 g/mol. The average molecular weight is 228 g/mol. The number of ether oxygens (including phenoxy) is 2. The SMILES string of the molecule is C[C@H]1C[C@H](O)C[C@H](C)[C@H]1OC1CCCCO1. The molecule has 3 nitrogen and oxygen atoms in total. The molecule has 2 rings (SSSR count). The van der Waals surface area contributed by atoms with Crippen molar-refractivity contribution in [3.8, 4) is 0 Å². The van der Waals surface area contributed by atoms with Crippen LogP contribution in [0.4, 0.5) is 0 Å². The lowest BCUT2D eigenvalue weighted by molar-refractivity contribution is -0.217. The van der Waals surface area contributed by atoms with E-state index in [9.17, 15) is 5.11 Å². The van der Waals surface area contributed by atoms with Gasteiger partial charge in [-0.25, -0.2) is 0 Å². The second kappa shape index (κ2) is 5.48. The highest BCUT2D eigenvalue weighted by atomic mass is 16.7. The molecule has 16 heavy (non-hydrogen) atoms. The summed E-state index contributed by atoms with van der Waals surface area (Å²) in [7, 11) is 0. The van der Waals surface area contributed by atoms with Crippen molar-refractivity contribution in [3.63, 3.8) is 0 Å². The van der Waals surface area contributed by atoms with Gasteiger partial charge in [-0.15, -0.1) is 0 Å². The smallest absolute Gasteiger partial charge is 0.157 e. The highest BCUT2D eigenvalue weighted by molar-refractivity contribution is 4.83. The first-order valence-corrected chi connectivity index (χ1v) is 6.62. The van der Waals surface area contributed by atoms with Gasteiger partial charge in [-0.2, -0.15) is 0 Å². The van der Waals surface area contributed by atoms with Crippen molar-refractivity contribution in [3.05, 3.63) is 0 Å². The molecule has 0 aromatic heterocycles. The molecule has 0 radical (unpaired) electrons. The van der Waals surface area contributed by atoms with Crippen LogP contribution in [-0.4, -0.2) is 30.2 Å². The molecular formula is C13H24O3. The maximum Gasteiger partial charge on any atom is 0.157 e. The highest BCUT2D eigenvalue weighted by Crippen LogP contribution is 2.33. The maximum absolute atomic E-state index is 9.69. The van der Waals surface area contributed by atoms with E-state index >= 15 is 0 Å². The minimum atomic E-state index is -0.142. The molecule has 1 saturated carbocycles. The minimum absolute atomic E-state index is 0.00103. The van der Waals surface area contributed by atoms with Gasteiger partial charge in [0.25, 0.3) is 0 Å². The van der Waals surface area contributed by atoms with E-state index in [0.717, 1.165) is 32.3 Å². The number of aliphatic hydroxyl groups is 1. The summed E-state index contributed by atoms with van der Waals surface area (Å²) >= 11 is 0. The van der Waals surface area contributed by atoms with Crippen molar-refractivity contribution in [2.75, 3.05) is 6.61 Å². The molecule has 1 heterocycles. The molecule has 2 aliphatic rings. The lowest BCUT2D eigenvalue weighted by Crippen LogP contribution is -2.41. The Bertz CT molecular complexity index is 201. The van der Waals surface area contributed by atoms with Gasteiger partial charge in [-0.1, -0.05) is 13.8 Å². The zero-order valence-electron chi connectivity index (χ0n) is 10.4. The van der Waals surface area contributed by atoms with Gasteiger partial charge in [-0.05, 0) is 43.9 Å². The largest absolute Gasteiger partial charge is 0.393 e. The van der Waals surface area contributed by atoms with Gasteiger partial charge >= 0.3 is 0 Å². The van der Waals surface area contributed by atoms with Crippen LogP contribution in [0.15, 0.2) is 0 Å². The van der Waals surface area contributed by atoms with Crippen LogP contribution in [0.25, 0.3) is 0 Å². The third-order valence-electron chi connectivity index (χ3n) is 3.86. The Labute approximate surface area is 98.1 Å². The molecule has 0 bridgehead atoms.